The highest BCUT2D eigenvalue weighted by molar-refractivity contribution is 5.74. The highest BCUT2D eigenvalue weighted by Crippen LogP contribution is 2.32. The number of hydrogen-bond donors (Lipinski definition) is 1. The van der Waals surface area contributed by atoms with Crippen molar-refractivity contribution in [2.24, 2.45) is 0 Å². The van der Waals surface area contributed by atoms with Gasteiger partial charge in [0, 0.05) is 11.3 Å². The minimum absolute atomic E-state index is 0.545. The molecule has 0 amide bonds. The van der Waals surface area contributed by atoms with Crippen molar-refractivity contribution in [2.45, 2.75) is 13.5 Å². The van der Waals surface area contributed by atoms with Gasteiger partial charge in [-0.15, -0.1) is 0 Å². The van der Waals surface area contributed by atoms with E-state index in [1.165, 1.54) is 5.56 Å². The predicted molar refractivity (Wildman–Crippen MR) is 91.8 cm³/mol. The fourth-order valence-corrected chi connectivity index (χ4v) is 2.45. The molecule has 0 aliphatic heterocycles. The number of nitrogens with two attached hydrogens (primary N) is 1. The lowest BCUT2D eigenvalue weighted by Crippen LogP contribution is -1.98. The molecule has 0 aliphatic rings. The molecule has 0 radical (unpaired) electrons. The van der Waals surface area contributed by atoms with Gasteiger partial charge in [-0.05, 0) is 36.2 Å². The summed E-state index contributed by atoms with van der Waals surface area (Å²) in [6.07, 6.45) is 0. The van der Waals surface area contributed by atoms with Crippen molar-refractivity contribution in [3.63, 3.8) is 0 Å². The SMILES string of the molecule is Cc1cccc(-c2cc(N)ccc2OCc2ccccc2)c1. The number of rotatable bonds is 4. The van der Waals surface area contributed by atoms with Crippen molar-refractivity contribution in [3.8, 4) is 16.9 Å². The molecule has 0 saturated heterocycles. The smallest absolute Gasteiger partial charge is 0.127 e. The number of hydrogen-bond acceptors (Lipinski definition) is 2. The number of aryl methyl sites for hydroxylation is 1. The second kappa shape index (κ2) is 6.35. The molecule has 3 aromatic rings. The van der Waals surface area contributed by atoms with Gasteiger partial charge in [0.15, 0.2) is 0 Å². The molecule has 0 spiro atoms. The Balaban J connectivity index is 1.91. The van der Waals surface area contributed by atoms with Gasteiger partial charge in [-0.1, -0.05) is 60.2 Å². The summed E-state index contributed by atoms with van der Waals surface area (Å²) in [6, 6.07) is 24.3. The molecule has 0 bridgehead atoms. The molecule has 0 saturated carbocycles. The van der Waals surface area contributed by atoms with Crippen LogP contribution in [0.3, 0.4) is 0 Å². The molecule has 0 unspecified atom stereocenters. The van der Waals surface area contributed by atoms with Crippen molar-refractivity contribution in [1.29, 1.82) is 0 Å². The summed E-state index contributed by atoms with van der Waals surface area (Å²) in [5.41, 5.74) is 11.2. The zero-order chi connectivity index (χ0) is 15.4. The largest absolute Gasteiger partial charge is 0.488 e. The minimum atomic E-state index is 0.545. The van der Waals surface area contributed by atoms with Crippen LogP contribution in [0, 0.1) is 6.92 Å². The Hall–Kier alpha value is -2.74. The normalized spacial score (nSPS) is 10.4. The fraction of sp³-hybridized carbons (Fsp3) is 0.100. The minimum Gasteiger partial charge on any atom is -0.488 e. The first-order valence-corrected chi connectivity index (χ1v) is 7.36. The van der Waals surface area contributed by atoms with Gasteiger partial charge >= 0.3 is 0 Å². The van der Waals surface area contributed by atoms with E-state index in [0.717, 1.165) is 28.1 Å². The van der Waals surface area contributed by atoms with E-state index in [1.807, 2.05) is 36.4 Å². The maximum atomic E-state index is 6.02. The predicted octanol–water partition coefficient (Wildman–Crippen LogP) is 4.82. The lowest BCUT2D eigenvalue weighted by Gasteiger charge is -2.13. The van der Waals surface area contributed by atoms with Gasteiger partial charge in [0.05, 0.1) is 0 Å². The standard InChI is InChI=1S/C20H19NO/c1-15-6-5-9-17(12-15)19-13-18(21)10-11-20(19)22-14-16-7-3-2-4-8-16/h2-13H,14,21H2,1H3. The fourth-order valence-electron chi connectivity index (χ4n) is 2.45. The summed E-state index contributed by atoms with van der Waals surface area (Å²) >= 11 is 0. The zero-order valence-electron chi connectivity index (χ0n) is 12.6. The summed E-state index contributed by atoms with van der Waals surface area (Å²) in [6.45, 7) is 2.63. The maximum absolute atomic E-state index is 6.02. The molecule has 3 rings (SSSR count). The van der Waals surface area contributed by atoms with E-state index in [9.17, 15) is 0 Å². The van der Waals surface area contributed by atoms with E-state index >= 15 is 0 Å². The van der Waals surface area contributed by atoms with Crippen molar-refractivity contribution < 1.29 is 4.74 Å². The quantitative estimate of drug-likeness (QED) is 0.699. The topological polar surface area (TPSA) is 35.2 Å². The van der Waals surface area contributed by atoms with Crippen LogP contribution in [-0.2, 0) is 6.61 Å². The molecule has 0 fully saturated rings. The van der Waals surface area contributed by atoms with Crippen LogP contribution < -0.4 is 10.5 Å². The monoisotopic (exact) mass is 289 g/mol. The van der Waals surface area contributed by atoms with Gasteiger partial charge in [-0.25, -0.2) is 0 Å². The van der Waals surface area contributed by atoms with Crippen LogP contribution in [0.5, 0.6) is 5.75 Å². The van der Waals surface area contributed by atoms with Gasteiger partial charge in [-0.3, -0.25) is 0 Å². The summed E-state index contributed by atoms with van der Waals surface area (Å²) < 4.78 is 6.02. The van der Waals surface area contributed by atoms with Crippen LogP contribution >= 0.6 is 0 Å². The van der Waals surface area contributed by atoms with E-state index in [4.69, 9.17) is 10.5 Å². The maximum Gasteiger partial charge on any atom is 0.127 e. The molecule has 0 aliphatic carbocycles. The molecule has 22 heavy (non-hydrogen) atoms. The van der Waals surface area contributed by atoms with E-state index < -0.39 is 0 Å². The Bertz CT molecular complexity index is 766. The molecule has 3 aromatic carbocycles. The third-order valence-electron chi connectivity index (χ3n) is 3.57. The molecule has 2 nitrogen and oxygen atoms in total. The molecule has 0 atom stereocenters. The van der Waals surface area contributed by atoms with E-state index in [1.54, 1.807) is 0 Å². The van der Waals surface area contributed by atoms with Crippen LogP contribution in [-0.4, -0.2) is 0 Å². The highest BCUT2D eigenvalue weighted by atomic mass is 16.5. The molecule has 110 valence electrons. The van der Waals surface area contributed by atoms with E-state index in [-0.39, 0.29) is 0 Å². The van der Waals surface area contributed by atoms with Gasteiger partial charge < -0.3 is 10.5 Å². The second-order valence-corrected chi connectivity index (χ2v) is 5.40. The van der Waals surface area contributed by atoms with Gasteiger partial charge in [0.2, 0.25) is 0 Å². The van der Waals surface area contributed by atoms with Gasteiger partial charge in [0.25, 0.3) is 0 Å². The lowest BCUT2D eigenvalue weighted by atomic mass is 10.0. The number of anilines is 1. The summed E-state index contributed by atoms with van der Waals surface area (Å²) in [7, 11) is 0. The Kier molecular flexibility index (Phi) is 4.10. The zero-order valence-corrected chi connectivity index (χ0v) is 12.6. The third-order valence-corrected chi connectivity index (χ3v) is 3.57. The molecule has 2 N–H and O–H groups in total. The van der Waals surface area contributed by atoms with Crippen LogP contribution in [0.2, 0.25) is 0 Å². The first-order valence-electron chi connectivity index (χ1n) is 7.36. The number of nitrogen functional groups attached to an aromatic ring is 1. The second-order valence-electron chi connectivity index (χ2n) is 5.40. The van der Waals surface area contributed by atoms with Crippen molar-refractivity contribution in [1.82, 2.24) is 0 Å². The molecule has 0 aromatic heterocycles. The highest BCUT2D eigenvalue weighted by Gasteiger charge is 2.08. The average molecular weight is 289 g/mol. The number of benzene rings is 3. The number of ether oxygens (including phenoxy) is 1. The summed E-state index contributed by atoms with van der Waals surface area (Å²) in [5, 5.41) is 0. The van der Waals surface area contributed by atoms with Gasteiger partial charge in [0.1, 0.15) is 12.4 Å². The van der Waals surface area contributed by atoms with E-state index in [0.29, 0.717) is 6.61 Å². The molecule has 2 heteroatoms. The van der Waals surface area contributed by atoms with Gasteiger partial charge in [-0.2, -0.15) is 0 Å². The Morgan fingerprint density at radius 2 is 1.68 bits per heavy atom. The van der Waals surface area contributed by atoms with Crippen LogP contribution in [0.15, 0.2) is 72.8 Å². The summed E-state index contributed by atoms with van der Waals surface area (Å²) in [4.78, 5) is 0. The van der Waals surface area contributed by atoms with Crippen LogP contribution in [0.1, 0.15) is 11.1 Å². The molecular weight excluding hydrogens is 270 g/mol. The van der Waals surface area contributed by atoms with Crippen molar-refractivity contribution in [3.05, 3.63) is 83.9 Å². The average Bonchev–Trinajstić information content (AvgIpc) is 2.54. The Morgan fingerprint density at radius 3 is 2.45 bits per heavy atom. The summed E-state index contributed by atoms with van der Waals surface area (Å²) in [5.74, 6) is 0.851. The molecule has 0 heterocycles. The Labute approximate surface area is 131 Å². The van der Waals surface area contributed by atoms with Crippen LogP contribution in [0.25, 0.3) is 11.1 Å². The first-order chi connectivity index (χ1) is 10.7. The van der Waals surface area contributed by atoms with E-state index in [2.05, 4.69) is 43.3 Å². The van der Waals surface area contributed by atoms with Crippen molar-refractivity contribution in [2.75, 3.05) is 5.73 Å². The molecular formula is C20H19NO. The third kappa shape index (κ3) is 3.29. The lowest BCUT2D eigenvalue weighted by molar-refractivity contribution is 0.307. The van der Waals surface area contributed by atoms with Crippen LogP contribution in [0.4, 0.5) is 5.69 Å². The Morgan fingerprint density at radius 1 is 0.864 bits per heavy atom. The van der Waals surface area contributed by atoms with Crippen molar-refractivity contribution >= 4 is 5.69 Å². The first kappa shape index (κ1) is 14.2.